The van der Waals surface area contributed by atoms with Crippen LogP contribution in [0.2, 0.25) is 0 Å². The summed E-state index contributed by atoms with van der Waals surface area (Å²) in [6, 6.07) is 5.53. The highest BCUT2D eigenvalue weighted by Gasteiger charge is 2.27. The maximum absolute atomic E-state index is 12.0. The standard InChI is InChI=1S/C14H18F3NO.ClH/c15-14(16,17)6-7-19-12-4-5-13-10(8-12)2-1-3-11(13)9-18;/h4-5,8,11H,1-3,6-7,9,18H2;1H. The van der Waals surface area contributed by atoms with E-state index < -0.39 is 12.6 Å². The number of ether oxygens (including phenoxy) is 1. The first-order chi connectivity index (χ1) is 8.99. The monoisotopic (exact) mass is 309 g/mol. The fraction of sp³-hybridized carbons (Fsp3) is 0.571. The first kappa shape index (κ1) is 17.1. The average molecular weight is 310 g/mol. The van der Waals surface area contributed by atoms with Crippen molar-refractivity contribution in [3.8, 4) is 5.75 Å². The van der Waals surface area contributed by atoms with Crippen LogP contribution in [0.1, 0.15) is 36.3 Å². The number of hydrogen-bond acceptors (Lipinski definition) is 2. The molecule has 0 amide bonds. The van der Waals surface area contributed by atoms with E-state index in [1.165, 1.54) is 5.56 Å². The molecule has 0 aliphatic heterocycles. The minimum Gasteiger partial charge on any atom is -0.493 e. The molecular formula is C14H19ClF3NO. The smallest absolute Gasteiger partial charge is 0.392 e. The van der Waals surface area contributed by atoms with Gasteiger partial charge in [-0.05, 0) is 55.0 Å². The zero-order valence-electron chi connectivity index (χ0n) is 11.1. The van der Waals surface area contributed by atoms with Crippen LogP contribution in [0.15, 0.2) is 18.2 Å². The molecular weight excluding hydrogens is 291 g/mol. The van der Waals surface area contributed by atoms with E-state index in [9.17, 15) is 13.2 Å². The average Bonchev–Trinajstić information content (AvgIpc) is 2.36. The van der Waals surface area contributed by atoms with Crippen LogP contribution in [0.5, 0.6) is 5.75 Å². The second-order valence-electron chi connectivity index (χ2n) is 4.90. The highest BCUT2D eigenvalue weighted by Crippen LogP contribution is 2.33. The van der Waals surface area contributed by atoms with E-state index in [1.807, 2.05) is 12.1 Å². The highest BCUT2D eigenvalue weighted by atomic mass is 35.5. The molecule has 1 atom stereocenters. The Morgan fingerprint density at radius 1 is 1.30 bits per heavy atom. The van der Waals surface area contributed by atoms with Crippen molar-refractivity contribution in [1.29, 1.82) is 0 Å². The molecule has 0 bridgehead atoms. The summed E-state index contributed by atoms with van der Waals surface area (Å²) in [5, 5.41) is 0. The fourth-order valence-corrected chi connectivity index (χ4v) is 2.51. The van der Waals surface area contributed by atoms with Gasteiger partial charge in [0.15, 0.2) is 0 Å². The van der Waals surface area contributed by atoms with E-state index in [0.717, 1.165) is 24.8 Å². The zero-order valence-corrected chi connectivity index (χ0v) is 11.9. The van der Waals surface area contributed by atoms with E-state index in [-0.39, 0.29) is 19.0 Å². The summed E-state index contributed by atoms with van der Waals surface area (Å²) in [5.41, 5.74) is 8.11. The van der Waals surface area contributed by atoms with Crippen LogP contribution >= 0.6 is 12.4 Å². The molecule has 1 aromatic carbocycles. The van der Waals surface area contributed by atoms with Gasteiger partial charge in [-0.1, -0.05) is 6.07 Å². The van der Waals surface area contributed by atoms with Gasteiger partial charge in [0, 0.05) is 0 Å². The third kappa shape index (κ3) is 4.56. The van der Waals surface area contributed by atoms with Gasteiger partial charge in [-0.25, -0.2) is 0 Å². The molecule has 1 aliphatic carbocycles. The molecule has 1 unspecified atom stereocenters. The van der Waals surface area contributed by atoms with Gasteiger partial charge in [-0.2, -0.15) is 13.2 Å². The van der Waals surface area contributed by atoms with Crippen molar-refractivity contribution in [3.63, 3.8) is 0 Å². The minimum atomic E-state index is -4.17. The Labute approximate surface area is 122 Å². The lowest BCUT2D eigenvalue weighted by Crippen LogP contribution is -2.18. The molecule has 1 aromatic rings. The Bertz CT molecular complexity index is 437. The van der Waals surface area contributed by atoms with Crippen LogP contribution in [0, 0.1) is 0 Å². The van der Waals surface area contributed by atoms with E-state index in [4.69, 9.17) is 10.5 Å². The summed E-state index contributed by atoms with van der Waals surface area (Å²) in [4.78, 5) is 0. The van der Waals surface area contributed by atoms with E-state index in [2.05, 4.69) is 0 Å². The second kappa shape index (κ2) is 7.18. The summed E-state index contributed by atoms with van der Waals surface area (Å²) in [6.45, 7) is 0.282. The van der Waals surface area contributed by atoms with Gasteiger partial charge >= 0.3 is 6.18 Å². The Balaban J connectivity index is 0.00000200. The maximum atomic E-state index is 12.0. The number of benzene rings is 1. The van der Waals surface area contributed by atoms with Crippen LogP contribution in [0.25, 0.3) is 0 Å². The Hall–Kier alpha value is -0.940. The van der Waals surface area contributed by atoms with Gasteiger partial charge < -0.3 is 10.5 Å². The lowest BCUT2D eigenvalue weighted by Gasteiger charge is -2.24. The first-order valence-electron chi connectivity index (χ1n) is 6.52. The number of alkyl halides is 3. The van der Waals surface area contributed by atoms with Crippen molar-refractivity contribution in [1.82, 2.24) is 0 Å². The van der Waals surface area contributed by atoms with Gasteiger partial charge in [-0.15, -0.1) is 12.4 Å². The minimum absolute atomic E-state index is 0. The molecule has 2 N–H and O–H groups in total. The largest absolute Gasteiger partial charge is 0.493 e. The van der Waals surface area contributed by atoms with Crippen molar-refractivity contribution in [2.24, 2.45) is 5.73 Å². The van der Waals surface area contributed by atoms with Crippen molar-refractivity contribution < 1.29 is 17.9 Å². The molecule has 6 heteroatoms. The maximum Gasteiger partial charge on any atom is 0.392 e. The van der Waals surface area contributed by atoms with Gasteiger partial charge in [0.25, 0.3) is 0 Å². The normalized spacial score (nSPS) is 18.1. The third-order valence-electron chi connectivity index (χ3n) is 3.49. The molecule has 1 aliphatic rings. The van der Waals surface area contributed by atoms with Crippen molar-refractivity contribution in [2.75, 3.05) is 13.2 Å². The van der Waals surface area contributed by atoms with Crippen LogP contribution in [-0.4, -0.2) is 19.3 Å². The number of aryl methyl sites for hydroxylation is 1. The number of fused-ring (bicyclic) bond motifs is 1. The highest BCUT2D eigenvalue weighted by molar-refractivity contribution is 5.85. The fourth-order valence-electron chi connectivity index (χ4n) is 2.51. The van der Waals surface area contributed by atoms with Crippen LogP contribution < -0.4 is 10.5 Å². The molecule has 2 rings (SSSR count). The Kier molecular flexibility index (Phi) is 6.14. The lowest BCUT2D eigenvalue weighted by molar-refractivity contribution is -0.139. The van der Waals surface area contributed by atoms with E-state index in [0.29, 0.717) is 18.2 Å². The summed E-state index contributed by atoms with van der Waals surface area (Å²) in [6.07, 6.45) is -1.99. The molecule has 0 spiro atoms. The van der Waals surface area contributed by atoms with Crippen molar-refractivity contribution in [3.05, 3.63) is 29.3 Å². The molecule has 0 heterocycles. The van der Waals surface area contributed by atoms with E-state index in [1.54, 1.807) is 6.07 Å². The molecule has 0 saturated heterocycles. The van der Waals surface area contributed by atoms with Gasteiger partial charge in [-0.3, -0.25) is 0 Å². The topological polar surface area (TPSA) is 35.2 Å². The molecule has 0 radical (unpaired) electrons. The molecule has 20 heavy (non-hydrogen) atoms. The summed E-state index contributed by atoms with van der Waals surface area (Å²) >= 11 is 0. The van der Waals surface area contributed by atoms with Crippen molar-refractivity contribution in [2.45, 2.75) is 37.8 Å². The molecule has 0 aromatic heterocycles. The quantitative estimate of drug-likeness (QED) is 0.917. The number of nitrogens with two attached hydrogens (primary N) is 1. The van der Waals surface area contributed by atoms with E-state index >= 15 is 0 Å². The van der Waals surface area contributed by atoms with Gasteiger partial charge in [0.1, 0.15) is 5.75 Å². The van der Waals surface area contributed by atoms with Crippen LogP contribution in [-0.2, 0) is 6.42 Å². The molecule has 0 fully saturated rings. The Morgan fingerprint density at radius 3 is 2.70 bits per heavy atom. The van der Waals surface area contributed by atoms with Gasteiger partial charge in [0.2, 0.25) is 0 Å². The van der Waals surface area contributed by atoms with Crippen LogP contribution in [0.3, 0.4) is 0 Å². The third-order valence-corrected chi connectivity index (χ3v) is 3.49. The molecule has 0 saturated carbocycles. The molecule has 114 valence electrons. The number of halogens is 4. The number of hydrogen-bond donors (Lipinski definition) is 1. The summed E-state index contributed by atoms with van der Waals surface area (Å²) in [5.74, 6) is 0.883. The predicted molar refractivity (Wildman–Crippen MR) is 74.6 cm³/mol. The summed E-state index contributed by atoms with van der Waals surface area (Å²) < 4.78 is 41.3. The first-order valence-corrected chi connectivity index (χ1v) is 6.52. The lowest BCUT2D eigenvalue weighted by atomic mass is 9.83. The SMILES string of the molecule is Cl.NCC1CCCc2cc(OCCC(F)(F)F)ccc21. The second-order valence-corrected chi connectivity index (χ2v) is 4.90. The Morgan fingerprint density at radius 2 is 2.05 bits per heavy atom. The molecule has 2 nitrogen and oxygen atoms in total. The van der Waals surface area contributed by atoms with Gasteiger partial charge in [0.05, 0.1) is 13.0 Å². The predicted octanol–water partition coefficient (Wildman–Crippen LogP) is 3.82. The summed E-state index contributed by atoms with van der Waals surface area (Å²) in [7, 11) is 0. The zero-order chi connectivity index (χ0) is 13.9. The van der Waals surface area contributed by atoms with Crippen LogP contribution in [0.4, 0.5) is 13.2 Å². The number of rotatable bonds is 4. The van der Waals surface area contributed by atoms with Crippen molar-refractivity contribution >= 4 is 12.4 Å².